The number of piperidine rings is 1. The quantitative estimate of drug-likeness (QED) is 0.517. The van der Waals surface area contributed by atoms with Crippen LogP contribution in [0.3, 0.4) is 0 Å². The van der Waals surface area contributed by atoms with Crippen LogP contribution in [0.15, 0.2) is 0 Å². The van der Waals surface area contributed by atoms with Crippen LogP contribution < -0.4 is 11.1 Å². The number of rotatable bonds is 2. The fourth-order valence-corrected chi connectivity index (χ4v) is 1.55. The van der Waals surface area contributed by atoms with Gasteiger partial charge in [-0.2, -0.15) is 0 Å². The molecular weight excluding hydrogens is 140 g/mol. The Kier molecular flexibility index (Phi) is 2.87. The Bertz CT molecular complexity index is 119. The van der Waals surface area contributed by atoms with E-state index in [1.807, 2.05) is 6.92 Å². The summed E-state index contributed by atoms with van der Waals surface area (Å²) in [4.78, 5) is 0. The average molecular weight is 158 g/mol. The molecule has 2 atom stereocenters. The zero-order valence-electron chi connectivity index (χ0n) is 7.14. The van der Waals surface area contributed by atoms with Gasteiger partial charge in [0.15, 0.2) is 0 Å². The summed E-state index contributed by atoms with van der Waals surface area (Å²) in [5, 5.41) is 13.0. The molecule has 1 fully saturated rings. The molecule has 0 bridgehead atoms. The highest BCUT2D eigenvalue weighted by Gasteiger charge is 2.30. The van der Waals surface area contributed by atoms with Crippen LogP contribution in [0.25, 0.3) is 0 Å². The molecule has 1 rings (SSSR count). The van der Waals surface area contributed by atoms with Crippen molar-refractivity contribution in [1.82, 2.24) is 5.32 Å². The summed E-state index contributed by atoms with van der Waals surface area (Å²) >= 11 is 0. The summed E-state index contributed by atoms with van der Waals surface area (Å²) < 4.78 is 0. The maximum absolute atomic E-state index is 9.78. The molecule has 0 aromatic rings. The van der Waals surface area contributed by atoms with Crippen LogP contribution in [0.2, 0.25) is 0 Å². The minimum atomic E-state index is -0.673. The van der Waals surface area contributed by atoms with Gasteiger partial charge in [0.1, 0.15) is 0 Å². The van der Waals surface area contributed by atoms with E-state index in [9.17, 15) is 5.11 Å². The maximum Gasteiger partial charge on any atom is 0.0781 e. The maximum atomic E-state index is 9.78. The predicted molar refractivity (Wildman–Crippen MR) is 45.3 cm³/mol. The van der Waals surface area contributed by atoms with E-state index in [0.717, 1.165) is 25.9 Å². The van der Waals surface area contributed by atoms with Crippen LogP contribution in [-0.4, -0.2) is 30.3 Å². The van der Waals surface area contributed by atoms with Gasteiger partial charge in [-0.15, -0.1) is 0 Å². The van der Waals surface area contributed by atoms with E-state index in [1.54, 1.807) is 0 Å². The molecular formula is C8H18N2O. The lowest BCUT2D eigenvalue weighted by Gasteiger charge is -2.34. The molecule has 0 aliphatic carbocycles. The van der Waals surface area contributed by atoms with Crippen LogP contribution in [-0.2, 0) is 0 Å². The molecule has 4 N–H and O–H groups in total. The van der Waals surface area contributed by atoms with Gasteiger partial charge < -0.3 is 16.2 Å². The van der Waals surface area contributed by atoms with Crippen molar-refractivity contribution in [3.8, 4) is 0 Å². The van der Waals surface area contributed by atoms with Gasteiger partial charge in [0.05, 0.1) is 5.60 Å². The van der Waals surface area contributed by atoms with Gasteiger partial charge in [-0.3, -0.25) is 0 Å². The van der Waals surface area contributed by atoms with E-state index >= 15 is 0 Å². The van der Waals surface area contributed by atoms with Crippen molar-refractivity contribution >= 4 is 0 Å². The van der Waals surface area contributed by atoms with E-state index in [2.05, 4.69) is 5.32 Å². The smallest absolute Gasteiger partial charge is 0.0781 e. The largest absolute Gasteiger partial charge is 0.389 e. The van der Waals surface area contributed by atoms with Crippen molar-refractivity contribution in [3.63, 3.8) is 0 Å². The normalized spacial score (nSPS) is 31.4. The average Bonchev–Trinajstić information content (AvgIpc) is 2.06. The molecule has 3 nitrogen and oxygen atoms in total. The van der Waals surface area contributed by atoms with Crippen LogP contribution in [0.4, 0.5) is 0 Å². The van der Waals surface area contributed by atoms with Crippen molar-refractivity contribution in [2.45, 2.75) is 25.4 Å². The summed E-state index contributed by atoms with van der Waals surface area (Å²) in [5.74, 6) is 0.334. The van der Waals surface area contributed by atoms with Gasteiger partial charge in [0, 0.05) is 19.0 Å². The molecule has 1 heterocycles. The first kappa shape index (κ1) is 8.97. The Morgan fingerprint density at radius 3 is 2.91 bits per heavy atom. The number of nitrogens with two attached hydrogens (primary N) is 1. The van der Waals surface area contributed by atoms with Crippen LogP contribution in [0.1, 0.15) is 19.8 Å². The standard InChI is InChI=1S/C8H18N2O/c1-8(11,6-9)7-3-2-4-10-5-7/h7,10-11H,2-6,9H2,1H3. The monoisotopic (exact) mass is 158 g/mol. The van der Waals surface area contributed by atoms with Crippen LogP contribution in [0, 0.1) is 5.92 Å². The first-order chi connectivity index (χ1) is 5.17. The molecule has 1 aliphatic heterocycles. The van der Waals surface area contributed by atoms with Crippen molar-refractivity contribution in [2.24, 2.45) is 11.7 Å². The molecule has 11 heavy (non-hydrogen) atoms. The first-order valence-corrected chi connectivity index (χ1v) is 4.30. The van der Waals surface area contributed by atoms with Crippen LogP contribution in [0.5, 0.6) is 0 Å². The van der Waals surface area contributed by atoms with Gasteiger partial charge in [0.2, 0.25) is 0 Å². The molecule has 2 unspecified atom stereocenters. The summed E-state index contributed by atoms with van der Waals surface area (Å²) in [6.07, 6.45) is 2.25. The van der Waals surface area contributed by atoms with Crippen molar-refractivity contribution in [3.05, 3.63) is 0 Å². The number of aliphatic hydroxyl groups is 1. The Morgan fingerprint density at radius 2 is 2.45 bits per heavy atom. The van der Waals surface area contributed by atoms with Gasteiger partial charge in [-0.05, 0) is 26.3 Å². The molecule has 66 valence electrons. The number of nitrogens with one attached hydrogen (secondary N) is 1. The second-order valence-electron chi connectivity index (χ2n) is 3.60. The molecule has 0 saturated carbocycles. The molecule has 3 heteroatoms. The molecule has 0 aromatic heterocycles. The van der Waals surface area contributed by atoms with Gasteiger partial charge in [-0.25, -0.2) is 0 Å². The highest BCUT2D eigenvalue weighted by Crippen LogP contribution is 2.22. The summed E-state index contributed by atoms with van der Waals surface area (Å²) in [6, 6.07) is 0. The lowest BCUT2D eigenvalue weighted by molar-refractivity contribution is -0.00226. The summed E-state index contributed by atoms with van der Waals surface area (Å²) in [5.41, 5.74) is 4.79. The van der Waals surface area contributed by atoms with E-state index < -0.39 is 5.60 Å². The van der Waals surface area contributed by atoms with E-state index in [-0.39, 0.29) is 0 Å². The second-order valence-corrected chi connectivity index (χ2v) is 3.60. The number of hydrogen-bond donors (Lipinski definition) is 3. The van der Waals surface area contributed by atoms with Gasteiger partial charge >= 0.3 is 0 Å². The zero-order valence-corrected chi connectivity index (χ0v) is 7.14. The van der Waals surface area contributed by atoms with E-state index in [4.69, 9.17) is 5.73 Å². The van der Waals surface area contributed by atoms with Gasteiger partial charge in [-0.1, -0.05) is 0 Å². The third kappa shape index (κ3) is 2.15. The first-order valence-electron chi connectivity index (χ1n) is 4.30. The van der Waals surface area contributed by atoms with E-state index in [1.165, 1.54) is 0 Å². The Hall–Kier alpha value is -0.120. The molecule has 0 radical (unpaired) electrons. The van der Waals surface area contributed by atoms with Crippen molar-refractivity contribution < 1.29 is 5.11 Å². The third-order valence-electron chi connectivity index (χ3n) is 2.59. The second kappa shape index (κ2) is 3.52. The lowest BCUT2D eigenvalue weighted by atomic mass is 9.84. The highest BCUT2D eigenvalue weighted by molar-refractivity contribution is 4.86. The van der Waals surface area contributed by atoms with Crippen LogP contribution >= 0.6 is 0 Å². The minimum Gasteiger partial charge on any atom is -0.389 e. The third-order valence-corrected chi connectivity index (χ3v) is 2.59. The summed E-state index contributed by atoms with van der Waals surface area (Å²) in [6.45, 7) is 4.17. The highest BCUT2D eigenvalue weighted by atomic mass is 16.3. The van der Waals surface area contributed by atoms with E-state index in [0.29, 0.717) is 12.5 Å². The fourth-order valence-electron chi connectivity index (χ4n) is 1.55. The van der Waals surface area contributed by atoms with Gasteiger partial charge in [0.25, 0.3) is 0 Å². The minimum absolute atomic E-state index is 0.334. The lowest BCUT2D eigenvalue weighted by Crippen LogP contribution is -2.48. The Morgan fingerprint density at radius 1 is 1.73 bits per heavy atom. The molecule has 1 saturated heterocycles. The number of hydrogen-bond acceptors (Lipinski definition) is 3. The fraction of sp³-hybridized carbons (Fsp3) is 1.00. The van der Waals surface area contributed by atoms with Crippen molar-refractivity contribution in [2.75, 3.05) is 19.6 Å². The Balaban J connectivity index is 2.43. The SMILES string of the molecule is CC(O)(CN)C1CCCNC1. The Labute approximate surface area is 68.0 Å². The molecule has 0 amide bonds. The topological polar surface area (TPSA) is 58.3 Å². The molecule has 1 aliphatic rings. The predicted octanol–water partition coefficient (Wildman–Crippen LogP) is -0.304. The van der Waals surface area contributed by atoms with Crippen molar-refractivity contribution in [1.29, 1.82) is 0 Å². The zero-order chi connectivity index (χ0) is 8.32. The summed E-state index contributed by atoms with van der Waals surface area (Å²) in [7, 11) is 0. The molecule has 0 spiro atoms. The molecule has 0 aromatic carbocycles.